The summed E-state index contributed by atoms with van der Waals surface area (Å²) in [6.07, 6.45) is 0. The lowest BCUT2D eigenvalue weighted by Crippen LogP contribution is -2.52. The highest BCUT2D eigenvalue weighted by Gasteiger charge is 2.34. The zero-order valence-electron chi connectivity index (χ0n) is 12.8. The lowest BCUT2D eigenvalue weighted by molar-refractivity contribution is 0.212. The Balaban J connectivity index is 1.62. The van der Waals surface area contributed by atoms with Crippen molar-refractivity contribution in [1.29, 1.82) is 0 Å². The van der Waals surface area contributed by atoms with E-state index in [4.69, 9.17) is 0 Å². The van der Waals surface area contributed by atoms with Crippen LogP contribution in [-0.4, -0.2) is 48.1 Å². The fraction of sp³-hybridized carbons (Fsp3) is 0.467. The molecule has 6 nitrogen and oxygen atoms in total. The Bertz CT molecular complexity index is 785. The minimum Gasteiger partial charge on any atom is -0.368 e. The third kappa shape index (κ3) is 2.91. The van der Waals surface area contributed by atoms with Gasteiger partial charge in [0.1, 0.15) is 5.82 Å². The van der Waals surface area contributed by atoms with E-state index in [1.54, 1.807) is 6.92 Å². The number of benzene rings is 1. The molecule has 1 aliphatic heterocycles. The number of fused-ring (bicyclic) bond motifs is 1. The molecule has 0 aliphatic carbocycles. The molecule has 2 aromatic rings. The SMILES string of the molecule is CCS(=O)(=O)N1CC(CNc2nc3ccccc3nc2C)C1. The smallest absolute Gasteiger partial charge is 0.213 e. The Morgan fingerprint density at radius 2 is 1.86 bits per heavy atom. The molecule has 0 radical (unpaired) electrons. The summed E-state index contributed by atoms with van der Waals surface area (Å²) in [5, 5.41) is 3.30. The molecule has 7 heteroatoms. The highest BCUT2D eigenvalue weighted by atomic mass is 32.2. The number of anilines is 1. The van der Waals surface area contributed by atoms with Crippen LogP contribution >= 0.6 is 0 Å². The van der Waals surface area contributed by atoms with Crippen molar-refractivity contribution in [1.82, 2.24) is 14.3 Å². The first-order valence-electron chi connectivity index (χ1n) is 7.44. The molecule has 1 fully saturated rings. The Morgan fingerprint density at radius 1 is 1.23 bits per heavy atom. The van der Waals surface area contributed by atoms with Crippen LogP contribution in [-0.2, 0) is 10.0 Å². The fourth-order valence-corrected chi connectivity index (χ4v) is 3.80. The first-order chi connectivity index (χ1) is 10.5. The van der Waals surface area contributed by atoms with Crippen molar-refractivity contribution in [2.75, 3.05) is 30.7 Å². The molecule has 118 valence electrons. The Hall–Kier alpha value is -1.73. The maximum atomic E-state index is 11.7. The highest BCUT2D eigenvalue weighted by molar-refractivity contribution is 7.89. The third-order valence-corrected chi connectivity index (χ3v) is 5.80. The number of nitrogens with zero attached hydrogens (tertiary/aromatic N) is 3. The number of rotatable bonds is 5. The van der Waals surface area contributed by atoms with Gasteiger partial charge in [-0.15, -0.1) is 0 Å². The number of nitrogens with one attached hydrogen (secondary N) is 1. The summed E-state index contributed by atoms with van der Waals surface area (Å²) in [7, 11) is -3.04. The van der Waals surface area contributed by atoms with E-state index in [9.17, 15) is 8.42 Å². The second-order valence-corrected chi connectivity index (χ2v) is 7.87. The lowest BCUT2D eigenvalue weighted by Gasteiger charge is -2.38. The number of aromatic nitrogens is 2. The molecule has 1 aromatic carbocycles. The molecule has 0 amide bonds. The molecule has 0 unspecified atom stereocenters. The standard InChI is InChI=1S/C15H20N4O2S/c1-3-22(20,21)19-9-12(10-19)8-16-15-11(2)17-13-6-4-5-7-14(13)18-15/h4-7,12H,3,8-10H2,1-2H3,(H,16,18). The monoisotopic (exact) mass is 320 g/mol. The van der Waals surface area contributed by atoms with Gasteiger partial charge in [0, 0.05) is 25.6 Å². The van der Waals surface area contributed by atoms with Crippen molar-refractivity contribution in [3.63, 3.8) is 0 Å². The van der Waals surface area contributed by atoms with Gasteiger partial charge in [0.05, 0.1) is 22.5 Å². The average molecular weight is 320 g/mol. The second-order valence-electron chi connectivity index (χ2n) is 5.61. The van der Waals surface area contributed by atoms with Crippen molar-refractivity contribution in [2.24, 2.45) is 5.92 Å². The summed E-state index contributed by atoms with van der Waals surface area (Å²) in [6.45, 7) is 5.49. The van der Waals surface area contributed by atoms with Crippen LogP contribution in [0.2, 0.25) is 0 Å². The van der Waals surface area contributed by atoms with Gasteiger partial charge in [-0.05, 0) is 26.0 Å². The van der Waals surface area contributed by atoms with E-state index in [2.05, 4.69) is 15.3 Å². The number of sulfonamides is 1. The number of para-hydroxylation sites is 2. The molecular weight excluding hydrogens is 300 g/mol. The largest absolute Gasteiger partial charge is 0.368 e. The summed E-state index contributed by atoms with van der Waals surface area (Å²) in [6, 6.07) is 7.76. The van der Waals surface area contributed by atoms with Gasteiger partial charge in [-0.3, -0.25) is 0 Å². The summed E-state index contributed by atoms with van der Waals surface area (Å²) in [4.78, 5) is 9.12. The van der Waals surface area contributed by atoms with Crippen LogP contribution in [0.3, 0.4) is 0 Å². The summed E-state index contributed by atoms with van der Waals surface area (Å²) in [5.74, 6) is 1.27. The van der Waals surface area contributed by atoms with E-state index < -0.39 is 10.0 Å². The van der Waals surface area contributed by atoms with Gasteiger partial charge < -0.3 is 5.32 Å². The molecule has 1 N–H and O–H groups in total. The van der Waals surface area contributed by atoms with Gasteiger partial charge in [0.15, 0.2) is 0 Å². The van der Waals surface area contributed by atoms with Crippen LogP contribution in [0.15, 0.2) is 24.3 Å². The molecular formula is C15H20N4O2S. The molecule has 3 rings (SSSR count). The first-order valence-corrected chi connectivity index (χ1v) is 9.05. The van der Waals surface area contributed by atoms with Crippen molar-refractivity contribution < 1.29 is 8.42 Å². The molecule has 0 spiro atoms. The van der Waals surface area contributed by atoms with Crippen LogP contribution < -0.4 is 5.32 Å². The molecule has 0 saturated carbocycles. The fourth-order valence-electron chi connectivity index (χ4n) is 2.56. The van der Waals surface area contributed by atoms with E-state index >= 15 is 0 Å². The molecule has 1 aliphatic rings. The number of hydrogen-bond donors (Lipinski definition) is 1. The lowest BCUT2D eigenvalue weighted by atomic mass is 10.0. The minimum absolute atomic E-state index is 0.169. The van der Waals surface area contributed by atoms with Crippen molar-refractivity contribution in [2.45, 2.75) is 13.8 Å². The van der Waals surface area contributed by atoms with E-state index in [-0.39, 0.29) is 5.75 Å². The maximum Gasteiger partial charge on any atom is 0.213 e. The van der Waals surface area contributed by atoms with Crippen molar-refractivity contribution in [3.05, 3.63) is 30.0 Å². The van der Waals surface area contributed by atoms with E-state index in [0.29, 0.717) is 25.6 Å². The van der Waals surface area contributed by atoms with E-state index in [1.807, 2.05) is 31.2 Å². The van der Waals surface area contributed by atoms with Gasteiger partial charge in [0.2, 0.25) is 10.0 Å². The molecule has 0 atom stereocenters. The second kappa shape index (κ2) is 5.81. The van der Waals surface area contributed by atoms with Gasteiger partial charge in [-0.1, -0.05) is 12.1 Å². The van der Waals surface area contributed by atoms with Crippen molar-refractivity contribution in [3.8, 4) is 0 Å². The Kier molecular flexibility index (Phi) is 4.01. The highest BCUT2D eigenvalue weighted by Crippen LogP contribution is 2.21. The Morgan fingerprint density at radius 3 is 2.50 bits per heavy atom. The van der Waals surface area contributed by atoms with Crippen molar-refractivity contribution >= 4 is 26.9 Å². The van der Waals surface area contributed by atoms with Gasteiger partial charge in [-0.2, -0.15) is 0 Å². The normalized spacial score (nSPS) is 16.6. The van der Waals surface area contributed by atoms with Crippen LogP contribution in [0.4, 0.5) is 5.82 Å². The van der Waals surface area contributed by atoms with Crippen LogP contribution in [0.1, 0.15) is 12.6 Å². The molecule has 22 heavy (non-hydrogen) atoms. The quantitative estimate of drug-likeness (QED) is 0.906. The van der Waals surface area contributed by atoms with Gasteiger partial charge in [0.25, 0.3) is 0 Å². The predicted molar refractivity (Wildman–Crippen MR) is 87.3 cm³/mol. The average Bonchev–Trinajstić information content (AvgIpc) is 2.45. The zero-order chi connectivity index (χ0) is 15.7. The first kappa shape index (κ1) is 15.2. The minimum atomic E-state index is -3.04. The van der Waals surface area contributed by atoms with Gasteiger partial charge >= 0.3 is 0 Å². The molecule has 1 saturated heterocycles. The van der Waals surface area contributed by atoms with Crippen LogP contribution in [0.25, 0.3) is 11.0 Å². The summed E-state index contributed by atoms with van der Waals surface area (Å²) < 4.78 is 24.9. The Labute approximate surface area is 130 Å². The number of hydrogen-bond acceptors (Lipinski definition) is 5. The zero-order valence-corrected chi connectivity index (χ0v) is 13.6. The van der Waals surface area contributed by atoms with Crippen LogP contribution in [0.5, 0.6) is 0 Å². The third-order valence-electron chi connectivity index (χ3n) is 3.98. The summed E-state index contributed by atoms with van der Waals surface area (Å²) >= 11 is 0. The van der Waals surface area contributed by atoms with E-state index in [1.165, 1.54) is 4.31 Å². The maximum absolute atomic E-state index is 11.7. The molecule has 1 aromatic heterocycles. The topological polar surface area (TPSA) is 75.2 Å². The predicted octanol–water partition coefficient (Wildman–Crippen LogP) is 1.63. The number of aryl methyl sites for hydroxylation is 1. The van der Waals surface area contributed by atoms with E-state index in [0.717, 1.165) is 22.5 Å². The molecule has 0 bridgehead atoms. The summed E-state index contributed by atoms with van der Waals surface area (Å²) in [5.41, 5.74) is 2.60. The van der Waals surface area contributed by atoms with Gasteiger partial charge in [-0.25, -0.2) is 22.7 Å². The van der Waals surface area contributed by atoms with Crippen LogP contribution in [0, 0.1) is 12.8 Å². The molecule has 2 heterocycles.